The van der Waals surface area contributed by atoms with Crippen LogP contribution in [0.1, 0.15) is 29.6 Å². The summed E-state index contributed by atoms with van der Waals surface area (Å²) in [4.78, 5) is 32.0. The first-order valence-electron chi connectivity index (χ1n) is 9.86. The lowest BCUT2D eigenvalue weighted by Crippen LogP contribution is -2.33. The van der Waals surface area contributed by atoms with Crippen molar-refractivity contribution < 1.29 is 9.59 Å². The standard InChI is InChI=1S/C21H22N6O2/c1-26-12-14(11-22-26)27-9-8-18(21(27)29)25-19-10-16(20(28)23-13-6-7-13)15-4-2-3-5-17(15)24-19/h2-5,10-13,18H,6-9H2,1H3,(H,23,28)(H,24,25). The first kappa shape index (κ1) is 17.7. The van der Waals surface area contributed by atoms with E-state index in [1.807, 2.05) is 37.5 Å². The molecule has 1 atom stereocenters. The van der Waals surface area contributed by atoms with E-state index in [-0.39, 0.29) is 23.9 Å². The lowest BCUT2D eigenvalue weighted by atomic mass is 10.1. The Morgan fingerprint density at radius 1 is 1.21 bits per heavy atom. The van der Waals surface area contributed by atoms with Gasteiger partial charge in [0.2, 0.25) is 5.91 Å². The molecule has 3 aromatic rings. The van der Waals surface area contributed by atoms with Crippen LogP contribution in [-0.2, 0) is 11.8 Å². The van der Waals surface area contributed by atoms with E-state index < -0.39 is 0 Å². The monoisotopic (exact) mass is 390 g/mol. The van der Waals surface area contributed by atoms with Crippen molar-refractivity contribution in [3.8, 4) is 0 Å². The summed E-state index contributed by atoms with van der Waals surface area (Å²) in [5.41, 5.74) is 2.10. The predicted molar refractivity (Wildman–Crippen MR) is 110 cm³/mol. The van der Waals surface area contributed by atoms with Crippen molar-refractivity contribution in [2.75, 3.05) is 16.8 Å². The van der Waals surface area contributed by atoms with Crippen molar-refractivity contribution in [1.82, 2.24) is 20.1 Å². The number of benzene rings is 1. The molecule has 1 aromatic carbocycles. The van der Waals surface area contributed by atoms with E-state index in [4.69, 9.17) is 0 Å². The van der Waals surface area contributed by atoms with Crippen LogP contribution in [-0.4, -0.2) is 45.2 Å². The number of aromatic nitrogens is 3. The molecule has 1 saturated carbocycles. The molecule has 1 saturated heterocycles. The van der Waals surface area contributed by atoms with Crippen LogP contribution in [0.25, 0.3) is 10.9 Å². The maximum atomic E-state index is 12.9. The molecule has 2 fully saturated rings. The molecule has 148 valence electrons. The van der Waals surface area contributed by atoms with Crippen molar-refractivity contribution in [2.24, 2.45) is 7.05 Å². The van der Waals surface area contributed by atoms with Crippen LogP contribution in [0.15, 0.2) is 42.7 Å². The molecule has 0 radical (unpaired) electrons. The third-order valence-corrected chi connectivity index (χ3v) is 5.40. The Kier molecular flexibility index (Phi) is 4.19. The molecule has 8 heteroatoms. The zero-order chi connectivity index (χ0) is 20.0. The van der Waals surface area contributed by atoms with Crippen molar-refractivity contribution >= 4 is 34.2 Å². The summed E-state index contributed by atoms with van der Waals surface area (Å²) >= 11 is 0. The lowest BCUT2D eigenvalue weighted by Gasteiger charge is -2.16. The molecule has 0 spiro atoms. The molecule has 8 nitrogen and oxygen atoms in total. The molecule has 1 aliphatic heterocycles. The van der Waals surface area contributed by atoms with Crippen LogP contribution in [0.3, 0.4) is 0 Å². The van der Waals surface area contributed by atoms with Gasteiger partial charge in [0.15, 0.2) is 0 Å². The largest absolute Gasteiger partial charge is 0.358 e. The van der Waals surface area contributed by atoms with Crippen LogP contribution in [0, 0.1) is 0 Å². The van der Waals surface area contributed by atoms with Crippen molar-refractivity contribution in [1.29, 1.82) is 0 Å². The number of para-hydroxylation sites is 1. The van der Waals surface area contributed by atoms with E-state index in [9.17, 15) is 9.59 Å². The van der Waals surface area contributed by atoms with E-state index in [1.54, 1.807) is 21.8 Å². The highest BCUT2D eigenvalue weighted by atomic mass is 16.2. The highest BCUT2D eigenvalue weighted by molar-refractivity contribution is 6.07. The van der Waals surface area contributed by atoms with Gasteiger partial charge in [-0.1, -0.05) is 18.2 Å². The molecule has 5 rings (SSSR count). The summed E-state index contributed by atoms with van der Waals surface area (Å²) < 4.78 is 1.68. The Balaban J connectivity index is 1.41. The first-order chi connectivity index (χ1) is 14.1. The molecular formula is C21H22N6O2. The lowest BCUT2D eigenvalue weighted by molar-refractivity contribution is -0.117. The molecule has 2 amide bonds. The summed E-state index contributed by atoms with van der Waals surface area (Å²) in [7, 11) is 1.83. The van der Waals surface area contributed by atoms with Gasteiger partial charge < -0.3 is 15.5 Å². The fraction of sp³-hybridized carbons (Fsp3) is 0.333. The van der Waals surface area contributed by atoms with Gasteiger partial charge in [-0.15, -0.1) is 0 Å². The normalized spacial score (nSPS) is 19.0. The number of aryl methyl sites for hydroxylation is 1. The van der Waals surface area contributed by atoms with Crippen molar-refractivity contribution in [2.45, 2.75) is 31.3 Å². The summed E-state index contributed by atoms with van der Waals surface area (Å²) in [5, 5.41) is 11.2. The van der Waals surface area contributed by atoms with E-state index in [0.717, 1.165) is 29.4 Å². The van der Waals surface area contributed by atoms with Crippen LogP contribution in [0.5, 0.6) is 0 Å². The van der Waals surface area contributed by atoms with Gasteiger partial charge in [-0.2, -0.15) is 5.10 Å². The van der Waals surface area contributed by atoms with Gasteiger partial charge in [0.05, 0.1) is 23.0 Å². The maximum Gasteiger partial charge on any atom is 0.252 e. The van der Waals surface area contributed by atoms with E-state index in [2.05, 4.69) is 20.7 Å². The topological polar surface area (TPSA) is 92.1 Å². The molecule has 2 aliphatic rings. The van der Waals surface area contributed by atoms with E-state index >= 15 is 0 Å². The highest BCUT2D eigenvalue weighted by Crippen LogP contribution is 2.26. The van der Waals surface area contributed by atoms with E-state index in [0.29, 0.717) is 24.3 Å². The molecule has 0 bridgehead atoms. The number of pyridine rings is 1. The number of rotatable bonds is 5. The maximum absolute atomic E-state index is 12.9. The predicted octanol–water partition coefficient (Wildman–Crippen LogP) is 2.08. The zero-order valence-corrected chi connectivity index (χ0v) is 16.1. The minimum absolute atomic E-state index is 0.0167. The quantitative estimate of drug-likeness (QED) is 0.696. The second-order valence-corrected chi connectivity index (χ2v) is 7.67. The number of amides is 2. The fourth-order valence-corrected chi connectivity index (χ4v) is 3.72. The van der Waals surface area contributed by atoms with Crippen LogP contribution in [0.4, 0.5) is 11.5 Å². The highest BCUT2D eigenvalue weighted by Gasteiger charge is 2.33. The molecule has 2 N–H and O–H groups in total. The summed E-state index contributed by atoms with van der Waals surface area (Å²) in [5.74, 6) is 0.428. The number of anilines is 2. The number of hydrogen-bond acceptors (Lipinski definition) is 5. The average molecular weight is 390 g/mol. The number of carbonyl (C=O) groups excluding carboxylic acids is 2. The summed E-state index contributed by atoms with van der Waals surface area (Å²) in [6.07, 6.45) is 6.23. The average Bonchev–Trinajstić information content (AvgIpc) is 3.32. The van der Waals surface area contributed by atoms with Crippen LogP contribution < -0.4 is 15.5 Å². The zero-order valence-electron chi connectivity index (χ0n) is 16.1. The molecule has 29 heavy (non-hydrogen) atoms. The minimum atomic E-state index is -0.386. The van der Waals surface area contributed by atoms with Gasteiger partial charge in [-0.3, -0.25) is 14.3 Å². The molecule has 1 aliphatic carbocycles. The van der Waals surface area contributed by atoms with Crippen molar-refractivity contribution in [3.63, 3.8) is 0 Å². The Morgan fingerprint density at radius 2 is 2.03 bits per heavy atom. The SMILES string of the molecule is Cn1cc(N2CCC(Nc3cc(C(=O)NC4CC4)c4ccccc4n3)C2=O)cn1. The Hall–Kier alpha value is -3.42. The molecule has 1 unspecified atom stereocenters. The minimum Gasteiger partial charge on any atom is -0.358 e. The van der Waals surface area contributed by atoms with Gasteiger partial charge in [0, 0.05) is 31.2 Å². The third-order valence-electron chi connectivity index (χ3n) is 5.40. The van der Waals surface area contributed by atoms with Gasteiger partial charge in [-0.25, -0.2) is 4.98 Å². The molecular weight excluding hydrogens is 368 g/mol. The summed E-state index contributed by atoms with van der Waals surface area (Å²) in [6, 6.07) is 9.22. The van der Waals surface area contributed by atoms with Gasteiger partial charge in [0.25, 0.3) is 5.91 Å². The van der Waals surface area contributed by atoms with Gasteiger partial charge in [0.1, 0.15) is 11.9 Å². The summed E-state index contributed by atoms with van der Waals surface area (Å²) in [6.45, 7) is 0.616. The van der Waals surface area contributed by atoms with E-state index in [1.165, 1.54) is 0 Å². The first-order valence-corrected chi connectivity index (χ1v) is 9.86. The van der Waals surface area contributed by atoms with Gasteiger partial charge >= 0.3 is 0 Å². The fourth-order valence-electron chi connectivity index (χ4n) is 3.72. The van der Waals surface area contributed by atoms with Gasteiger partial charge in [-0.05, 0) is 31.4 Å². The number of hydrogen-bond donors (Lipinski definition) is 2. The van der Waals surface area contributed by atoms with Crippen LogP contribution in [0.2, 0.25) is 0 Å². The molecule has 3 heterocycles. The third kappa shape index (κ3) is 3.41. The van der Waals surface area contributed by atoms with Crippen LogP contribution >= 0.6 is 0 Å². The second-order valence-electron chi connectivity index (χ2n) is 7.67. The number of fused-ring (bicyclic) bond motifs is 1. The number of carbonyl (C=O) groups is 2. The Bertz CT molecular complexity index is 1100. The van der Waals surface area contributed by atoms with Crippen molar-refractivity contribution in [3.05, 3.63) is 48.3 Å². The Labute approximate surface area is 167 Å². The Morgan fingerprint density at radius 3 is 2.79 bits per heavy atom. The number of nitrogens with zero attached hydrogens (tertiary/aromatic N) is 4. The number of nitrogens with one attached hydrogen (secondary N) is 2. The second kappa shape index (κ2) is 6.88. The smallest absolute Gasteiger partial charge is 0.252 e. The molecule has 2 aromatic heterocycles.